The first-order valence-electron chi connectivity index (χ1n) is 11.6. The molecule has 3 saturated heterocycles. The van der Waals surface area contributed by atoms with E-state index in [9.17, 15) is 4.79 Å². The van der Waals surface area contributed by atoms with Gasteiger partial charge in [0.15, 0.2) is 0 Å². The smallest absolute Gasteiger partial charge is 0.319 e. The average Bonchev–Trinajstić information content (AvgIpc) is 2.84. The van der Waals surface area contributed by atoms with Crippen molar-refractivity contribution in [2.24, 2.45) is 0 Å². The number of hydrogen-bond donors (Lipinski definition) is 0. The Balaban J connectivity index is 1.83. The van der Waals surface area contributed by atoms with Crippen LogP contribution in [0.15, 0.2) is 0 Å². The van der Waals surface area contributed by atoms with Gasteiger partial charge in [-0.15, -0.1) is 0 Å². The van der Waals surface area contributed by atoms with Crippen LogP contribution in [-0.4, -0.2) is 86.6 Å². The molecule has 5 heteroatoms. The minimum absolute atomic E-state index is 0.0946. The number of amides is 2. The molecule has 0 N–H and O–H groups in total. The summed E-state index contributed by atoms with van der Waals surface area (Å²) in [6, 6.07) is 1.20. The maximum Gasteiger partial charge on any atom is 0.320 e. The van der Waals surface area contributed by atoms with Crippen LogP contribution in [0.5, 0.6) is 0 Å². The van der Waals surface area contributed by atoms with E-state index in [1.165, 1.54) is 0 Å². The summed E-state index contributed by atoms with van der Waals surface area (Å²) in [7, 11) is 4.47. The maximum absolute atomic E-state index is 13.7. The maximum atomic E-state index is 13.7. The molecule has 1 unspecified atom stereocenters. The van der Waals surface area contributed by atoms with Crippen LogP contribution in [0.1, 0.15) is 88.0 Å². The molecular formula is C24H46N4O. The second kappa shape index (κ2) is 6.85. The van der Waals surface area contributed by atoms with Crippen molar-refractivity contribution < 1.29 is 4.79 Å². The Morgan fingerprint density at radius 2 is 1.03 bits per heavy atom. The van der Waals surface area contributed by atoms with Gasteiger partial charge in [0.25, 0.3) is 0 Å². The second-order valence-electron chi connectivity index (χ2n) is 12.7. The standard InChI is InChI=1S/C24H46N4O/c1-17-16-27(18-12-21(2,3)25(10)22(4,5)13-18)20(29)28(17)19-14-23(6,7)26(11)24(8,9)15-19/h17-19H,12-16H2,1-11H3. The molecule has 0 aromatic carbocycles. The van der Waals surface area contributed by atoms with Gasteiger partial charge < -0.3 is 9.80 Å². The molecule has 3 aliphatic heterocycles. The van der Waals surface area contributed by atoms with Crippen LogP contribution >= 0.6 is 0 Å². The van der Waals surface area contributed by atoms with E-state index in [1.54, 1.807) is 0 Å². The number of carbonyl (C=O) groups excluding carboxylic acids is 1. The topological polar surface area (TPSA) is 30.0 Å². The summed E-state index contributed by atoms with van der Waals surface area (Å²) in [5, 5.41) is 0. The number of hydrogen-bond acceptors (Lipinski definition) is 3. The van der Waals surface area contributed by atoms with Crippen molar-refractivity contribution in [1.82, 2.24) is 19.6 Å². The van der Waals surface area contributed by atoms with Crippen molar-refractivity contribution in [3.05, 3.63) is 0 Å². The van der Waals surface area contributed by atoms with Gasteiger partial charge in [-0.2, -0.15) is 0 Å². The third-order valence-corrected chi connectivity index (χ3v) is 8.81. The lowest BCUT2D eigenvalue weighted by atomic mass is 9.76. The Labute approximate surface area is 179 Å². The van der Waals surface area contributed by atoms with Gasteiger partial charge in [-0.05, 0) is 102 Å². The van der Waals surface area contributed by atoms with Crippen molar-refractivity contribution in [3.8, 4) is 0 Å². The molecule has 29 heavy (non-hydrogen) atoms. The highest BCUT2D eigenvalue weighted by Gasteiger charge is 2.52. The molecule has 3 rings (SSSR count). The highest BCUT2D eigenvalue weighted by Crippen LogP contribution is 2.43. The van der Waals surface area contributed by atoms with Crippen LogP contribution in [0.4, 0.5) is 4.79 Å². The molecule has 5 nitrogen and oxygen atoms in total. The van der Waals surface area contributed by atoms with Crippen LogP contribution < -0.4 is 0 Å². The first-order valence-corrected chi connectivity index (χ1v) is 11.6. The van der Waals surface area contributed by atoms with Gasteiger partial charge >= 0.3 is 6.03 Å². The van der Waals surface area contributed by atoms with Crippen molar-refractivity contribution >= 4 is 6.03 Å². The van der Waals surface area contributed by atoms with Crippen molar-refractivity contribution in [2.45, 2.75) is 128 Å². The molecule has 168 valence electrons. The lowest BCUT2D eigenvalue weighted by Gasteiger charge is -2.56. The van der Waals surface area contributed by atoms with Gasteiger partial charge in [0.05, 0.1) is 0 Å². The molecular weight excluding hydrogens is 360 g/mol. The molecule has 1 atom stereocenters. The fraction of sp³-hybridized carbons (Fsp3) is 0.958. The molecule has 3 fully saturated rings. The summed E-state index contributed by atoms with van der Waals surface area (Å²) in [4.78, 5) is 23.2. The normalized spacial score (nSPS) is 33.5. The summed E-state index contributed by atoms with van der Waals surface area (Å²) in [5.74, 6) is 0. The lowest BCUT2D eigenvalue weighted by Crippen LogP contribution is -2.64. The second-order valence-corrected chi connectivity index (χ2v) is 12.7. The van der Waals surface area contributed by atoms with E-state index in [0.29, 0.717) is 12.1 Å². The van der Waals surface area contributed by atoms with Crippen LogP contribution in [-0.2, 0) is 0 Å². The third kappa shape index (κ3) is 3.82. The lowest BCUT2D eigenvalue weighted by molar-refractivity contribution is -0.0428. The molecule has 0 bridgehead atoms. The molecule has 0 aromatic heterocycles. The Bertz CT molecular complexity index is 617. The molecule has 0 spiro atoms. The highest BCUT2D eigenvalue weighted by atomic mass is 16.2. The van der Waals surface area contributed by atoms with Crippen LogP contribution in [0, 0.1) is 0 Å². The van der Waals surface area contributed by atoms with Crippen LogP contribution in [0.25, 0.3) is 0 Å². The minimum atomic E-state index is 0.0946. The zero-order valence-corrected chi connectivity index (χ0v) is 21.0. The molecule has 0 radical (unpaired) electrons. The average molecular weight is 407 g/mol. The fourth-order valence-electron chi connectivity index (χ4n) is 6.66. The van der Waals surface area contributed by atoms with Crippen LogP contribution in [0.3, 0.4) is 0 Å². The van der Waals surface area contributed by atoms with Gasteiger partial charge in [-0.25, -0.2) is 4.79 Å². The molecule has 3 aliphatic rings. The number of piperidine rings is 2. The summed E-state index contributed by atoms with van der Waals surface area (Å²) >= 11 is 0. The molecule has 2 amide bonds. The Morgan fingerprint density at radius 3 is 1.41 bits per heavy atom. The van der Waals surface area contributed by atoms with Gasteiger partial charge in [-0.1, -0.05) is 0 Å². The minimum Gasteiger partial charge on any atom is -0.319 e. The monoisotopic (exact) mass is 406 g/mol. The van der Waals surface area contributed by atoms with E-state index >= 15 is 0 Å². The SMILES string of the molecule is CC1CN(C2CC(C)(C)N(C)C(C)(C)C2)C(=O)N1C1CC(C)(C)N(C)C(C)(C)C1. The van der Waals surface area contributed by atoms with E-state index in [2.05, 4.69) is 96.0 Å². The predicted octanol–water partition coefficient (Wildman–Crippen LogP) is 4.42. The zero-order valence-electron chi connectivity index (χ0n) is 21.0. The van der Waals surface area contributed by atoms with E-state index in [1.807, 2.05) is 0 Å². The van der Waals surface area contributed by atoms with E-state index in [-0.39, 0.29) is 34.2 Å². The van der Waals surface area contributed by atoms with Crippen molar-refractivity contribution in [1.29, 1.82) is 0 Å². The van der Waals surface area contributed by atoms with Crippen LogP contribution in [0.2, 0.25) is 0 Å². The number of carbonyl (C=O) groups is 1. The van der Waals surface area contributed by atoms with Crippen molar-refractivity contribution in [3.63, 3.8) is 0 Å². The quantitative estimate of drug-likeness (QED) is 0.680. The Hall–Kier alpha value is -0.810. The van der Waals surface area contributed by atoms with E-state index < -0.39 is 0 Å². The molecule has 0 aromatic rings. The summed E-state index contributed by atoms with van der Waals surface area (Å²) in [5.41, 5.74) is 0.385. The molecule has 0 aliphatic carbocycles. The largest absolute Gasteiger partial charge is 0.320 e. The third-order valence-electron chi connectivity index (χ3n) is 8.81. The first kappa shape index (κ1) is 22.9. The van der Waals surface area contributed by atoms with E-state index in [4.69, 9.17) is 0 Å². The van der Waals surface area contributed by atoms with Gasteiger partial charge in [-0.3, -0.25) is 9.80 Å². The Morgan fingerprint density at radius 1 is 0.690 bits per heavy atom. The number of nitrogens with zero attached hydrogens (tertiary/aromatic N) is 4. The van der Waals surface area contributed by atoms with Crippen molar-refractivity contribution in [2.75, 3.05) is 20.6 Å². The highest BCUT2D eigenvalue weighted by molar-refractivity contribution is 5.78. The van der Waals surface area contributed by atoms with E-state index in [0.717, 1.165) is 32.2 Å². The zero-order chi connectivity index (χ0) is 22.2. The summed E-state index contributed by atoms with van der Waals surface area (Å²) in [6.45, 7) is 21.7. The number of urea groups is 1. The van der Waals surface area contributed by atoms with Gasteiger partial charge in [0.1, 0.15) is 0 Å². The Kier molecular flexibility index (Phi) is 5.40. The molecule has 0 saturated carbocycles. The summed E-state index contributed by atoms with van der Waals surface area (Å²) in [6.07, 6.45) is 4.18. The molecule has 3 heterocycles. The van der Waals surface area contributed by atoms with Gasteiger partial charge in [0, 0.05) is 46.8 Å². The first-order chi connectivity index (χ1) is 13.0. The fourth-order valence-corrected chi connectivity index (χ4v) is 6.66. The predicted molar refractivity (Wildman–Crippen MR) is 121 cm³/mol. The number of likely N-dealkylation sites (tertiary alicyclic amines) is 2. The summed E-state index contributed by atoms with van der Waals surface area (Å²) < 4.78 is 0. The number of rotatable bonds is 2. The van der Waals surface area contributed by atoms with Gasteiger partial charge in [0.2, 0.25) is 0 Å².